The minimum Gasteiger partial charge on any atom is -0.321 e. The lowest BCUT2D eigenvalue weighted by Gasteiger charge is -2.05. The molecule has 0 aromatic heterocycles. The van der Waals surface area contributed by atoms with Gasteiger partial charge in [0.1, 0.15) is 0 Å². The normalized spacial score (nSPS) is 49.9. The third-order valence-electron chi connectivity index (χ3n) is 1.51. The molecular formula is C4H10NO3P. The third-order valence-corrected chi connectivity index (χ3v) is 3.38. The SMILES string of the molecule is CC(C)C1(N)OP1(=O)O. The van der Waals surface area contributed by atoms with Crippen molar-refractivity contribution in [1.29, 1.82) is 0 Å². The van der Waals surface area contributed by atoms with E-state index in [1.165, 1.54) is 0 Å². The van der Waals surface area contributed by atoms with Gasteiger partial charge in [-0.2, -0.15) is 0 Å². The lowest BCUT2D eigenvalue weighted by molar-refractivity contribution is 0.251. The summed E-state index contributed by atoms with van der Waals surface area (Å²) in [5, 5.41) is 0. The van der Waals surface area contributed by atoms with Crippen LogP contribution in [0.5, 0.6) is 0 Å². The lowest BCUT2D eigenvalue weighted by atomic mass is 10.2. The maximum absolute atomic E-state index is 10.6. The van der Waals surface area contributed by atoms with E-state index in [4.69, 9.17) is 10.6 Å². The van der Waals surface area contributed by atoms with Crippen LogP contribution in [0.4, 0.5) is 0 Å². The summed E-state index contributed by atoms with van der Waals surface area (Å²) in [6.07, 6.45) is 0. The predicted molar refractivity (Wildman–Crippen MR) is 32.7 cm³/mol. The van der Waals surface area contributed by atoms with E-state index in [-0.39, 0.29) is 5.92 Å². The second kappa shape index (κ2) is 1.58. The molecule has 3 N–H and O–H groups in total. The van der Waals surface area contributed by atoms with Crippen LogP contribution in [0.15, 0.2) is 0 Å². The molecule has 0 aliphatic carbocycles. The summed E-state index contributed by atoms with van der Waals surface area (Å²) >= 11 is 0. The highest BCUT2D eigenvalue weighted by atomic mass is 31.2. The zero-order valence-electron chi connectivity index (χ0n) is 5.37. The van der Waals surface area contributed by atoms with Crippen molar-refractivity contribution in [2.75, 3.05) is 0 Å². The Morgan fingerprint density at radius 1 is 1.78 bits per heavy atom. The average Bonchev–Trinajstić information content (AvgIpc) is 2.08. The van der Waals surface area contributed by atoms with Crippen molar-refractivity contribution in [3.05, 3.63) is 0 Å². The van der Waals surface area contributed by atoms with E-state index in [9.17, 15) is 4.57 Å². The standard InChI is InChI=1S/C4H10NO3P/c1-3(2)4(5)8-9(4,6)7/h3H,5H2,1-2H3,(H,6,7). The van der Waals surface area contributed by atoms with E-state index in [0.717, 1.165) is 0 Å². The van der Waals surface area contributed by atoms with E-state index in [1.54, 1.807) is 13.8 Å². The van der Waals surface area contributed by atoms with Gasteiger partial charge in [-0.25, -0.2) is 0 Å². The third kappa shape index (κ3) is 0.829. The first kappa shape index (κ1) is 7.22. The molecule has 0 spiro atoms. The van der Waals surface area contributed by atoms with Gasteiger partial charge >= 0.3 is 7.60 Å². The van der Waals surface area contributed by atoms with E-state index < -0.39 is 13.1 Å². The van der Waals surface area contributed by atoms with Gasteiger partial charge < -0.3 is 4.89 Å². The van der Waals surface area contributed by atoms with E-state index >= 15 is 0 Å². The fraction of sp³-hybridized carbons (Fsp3) is 1.00. The molecular weight excluding hydrogens is 141 g/mol. The Hall–Kier alpha value is 0.110. The van der Waals surface area contributed by atoms with Crippen LogP contribution in [-0.2, 0) is 9.09 Å². The predicted octanol–water partition coefficient (Wildman–Crippen LogP) is 0.470. The second-order valence-electron chi connectivity index (χ2n) is 2.52. The summed E-state index contributed by atoms with van der Waals surface area (Å²) in [4.78, 5) is 8.73. The Morgan fingerprint density at radius 2 is 2.11 bits per heavy atom. The van der Waals surface area contributed by atoms with Crippen LogP contribution in [-0.4, -0.2) is 10.4 Å². The molecule has 0 radical (unpaired) electrons. The highest BCUT2D eigenvalue weighted by molar-refractivity contribution is 7.60. The molecule has 54 valence electrons. The van der Waals surface area contributed by atoms with Crippen LogP contribution >= 0.6 is 7.60 Å². The molecule has 1 aliphatic rings. The fourth-order valence-electron chi connectivity index (χ4n) is 0.610. The molecule has 2 atom stereocenters. The molecule has 9 heavy (non-hydrogen) atoms. The van der Waals surface area contributed by atoms with E-state index in [1.807, 2.05) is 0 Å². The first-order valence-electron chi connectivity index (χ1n) is 2.72. The van der Waals surface area contributed by atoms with Crippen molar-refractivity contribution in [3.63, 3.8) is 0 Å². The smallest absolute Gasteiger partial charge is 0.321 e. The Morgan fingerprint density at radius 3 is 2.11 bits per heavy atom. The second-order valence-corrected chi connectivity index (χ2v) is 4.44. The molecule has 1 rings (SSSR count). The van der Waals surface area contributed by atoms with Crippen LogP contribution in [0, 0.1) is 5.92 Å². The number of nitrogens with two attached hydrogens (primary N) is 1. The van der Waals surface area contributed by atoms with E-state index in [0.29, 0.717) is 0 Å². The number of hydrogen-bond acceptors (Lipinski definition) is 3. The molecule has 1 aliphatic heterocycles. The highest BCUT2D eigenvalue weighted by Crippen LogP contribution is 2.74. The highest BCUT2D eigenvalue weighted by Gasteiger charge is 2.67. The molecule has 1 fully saturated rings. The van der Waals surface area contributed by atoms with Gasteiger partial charge in [-0.05, 0) is 0 Å². The molecule has 4 nitrogen and oxygen atoms in total. The van der Waals surface area contributed by atoms with Crippen molar-refractivity contribution >= 4 is 7.60 Å². The Kier molecular flexibility index (Phi) is 1.27. The van der Waals surface area contributed by atoms with Crippen molar-refractivity contribution < 1.29 is 14.0 Å². The van der Waals surface area contributed by atoms with Crippen LogP contribution in [0.25, 0.3) is 0 Å². The van der Waals surface area contributed by atoms with Crippen LogP contribution < -0.4 is 5.73 Å². The molecule has 2 unspecified atom stereocenters. The Balaban J connectivity index is 2.74. The topological polar surface area (TPSA) is 75.8 Å². The minimum absolute atomic E-state index is 0.103. The van der Waals surface area contributed by atoms with Crippen molar-refractivity contribution in [2.45, 2.75) is 19.3 Å². The maximum Gasteiger partial charge on any atom is 0.377 e. The zero-order chi connectivity index (χ0) is 7.28. The van der Waals surface area contributed by atoms with Crippen LogP contribution in [0.1, 0.15) is 13.8 Å². The molecule has 1 saturated heterocycles. The molecule has 0 saturated carbocycles. The monoisotopic (exact) mass is 151 g/mol. The van der Waals surface area contributed by atoms with Crippen LogP contribution in [0.2, 0.25) is 0 Å². The molecule has 0 bridgehead atoms. The summed E-state index contributed by atoms with van der Waals surface area (Å²) in [6.45, 7) is 3.49. The first-order valence-corrected chi connectivity index (χ1v) is 4.30. The molecule has 5 heteroatoms. The van der Waals surface area contributed by atoms with Crippen LogP contribution in [0.3, 0.4) is 0 Å². The first-order chi connectivity index (χ1) is 3.90. The quantitative estimate of drug-likeness (QED) is 0.422. The van der Waals surface area contributed by atoms with Crippen molar-refractivity contribution in [3.8, 4) is 0 Å². The largest absolute Gasteiger partial charge is 0.377 e. The Bertz CT molecular complexity index is 181. The van der Waals surface area contributed by atoms with Crippen molar-refractivity contribution in [1.82, 2.24) is 0 Å². The molecule has 0 aromatic carbocycles. The summed E-state index contributed by atoms with van der Waals surface area (Å²) < 4.78 is 15.1. The van der Waals surface area contributed by atoms with Gasteiger partial charge in [0, 0.05) is 5.92 Å². The number of hydrogen-bond donors (Lipinski definition) is 2. The van der Waals surface area contributed by atoms with Gasteiger partial charge in [-0.1, -0.05) is 13.8 Å². The summed E-state index contributed by atoms with van der Waals surface area (Å²) in [5.74, 6) is -0.103. The molecule has 0 amide bonds. The summed E-state index contributed by atoms with van der Waals surface area (Å²) in [7, 11) is -3.39. The average molecular weight is 151 g/mol. The molecule has 0 aromatic rings. The minimum atomic E-state index is -3.39. The lowest BCUT2D eigenvalue weighted by Crippen LogP contribution is -2.28. The van der Waals surface area contributed by atoms with Gasteiger partial charge in [0.05, 0.1) is 0 Å². The van der Waals surface area contributed by atoms with E-state index in [2.05, 4.69) is 4.52 Å². The van der Waals surface area contributed by atoms with Gasteiger partial charge in [0.15, 0.2) is 0 Å². The summed E-state index contributed by atoms with van der Waals surface area (Å²) in [6, 6.07) is 0. The van der Waals surface area contributed by atoms with Gasteiger partial charge in [0.2, 0.25) is 5.47 Å². The fourth-order valence-corrected chi connectivity index (χ4v) is 2.04. The van der Waals surface area contributed by atoms with Gasteiger partial charge in [0.25, 0.3) is 0 Å². The number of rotatable bonds is 1. The van der Waals surface area contributed by atoms with Crippen molar-refractivity contribution in [2.24, 2.45) is 11.7 Å². The van der Waals surface area contributed by atoms with Gasteiger partial charge in [-0.3, -0.25) is 14.8 Å². The maximum atomic E-state index is 10.6. The zero-order valence-corrected chi connectivity index (χ0v) is 6.26. The Labute approximate surface area is 53.5 Å². The molecule has 1 heterocycles. The summed E-state index contributed by atoms with van der Waals surface area (Å²) in [5.41, 5.74) is 4.09. The van der Waals surface area contributed by atoms with Gasteiger partial charge in [-0.15, -0.1) is 0 Å².